The normalized spacial score (nSPS) is 11.3. The van der Waals surface area contributed by atoms with E-state index >= 15 is 0 Å². The van der Waals surface area contributed by atoms with Gasteiger partial charge in [0.1, 0.15) is 0 Å². The van der Waals surface area contributed by atoms with Crippen LogP contribution in [0, 0.1) is 0 Å². The lowest BCUT2D eigenvalue weighted by Gasteiger charge is -2.10. The van der Waals surface area contributed by atoms with Crippen LogP contribution >= 0.6 is 0 Å². The van der Waals surface area contributed by atoms with E-state index in [-0.39, 0.29) is 5.56 Å². The highest BCUT2D eigenvalue weighted by molar-refractivity contribution is 5.79. The van der Waals surface area contributed by atoms with E-state index in [2.05, 4.69) is 53.7 Å². The zero-order chi connectivity index (χ0) is 17.2. The average molecular weight is 326 g/mol. The minimum absolute atomic E-state index is 0.0171. The van der Waals surface area contributed by atoms with Crippen molar-refractivity contribution in [2.75, 3.05) is 13.1 Å². The Hall–Kier alpha value is -2.56. The Morgan fingerprint density at radius 1 is 1.04 bits per heavy atom. The molecule has 0 fully saturated rings. The molecule has 1 aromatic heterocycles. The number of pyridine rings is 1. The van der Waals surface area contributed by atoms with Gasteiger partial charge in [0.15, 0.2) is 5.96 Å². The van der Waals surface area contributed by atoms with E-state index in [9.17, 15) is 4.79 Å². The Kier molecular flexibility index (Phi) is 7.08. The monoisotopic (exact) mass is 326 g/mol. The minimum Gasteiger partial charge on any atom is -0.357 e. The van der Waals surface area contributed by atoms with Crippen molar-refractivity contribution in [2.45, 2.75) is 33.4 Å². The third-order valence-electron chi connectivity index (χ3n) is 3.58. The van der Waals surface area contributed by atoms with Crippen molar-refractivity contribution in [3.63, 3.8) is 0 Å². The van der Waals surface area contributed by atoms with Crippen LogP contribution in [-0.4, -0.2) is 23.6 Å². The van der Waals surface area contributed by atoms with Gasteiger partial charge in [0.2, 0.25) is 0 Å². The van der Waals surface area contributed by atoms with Gasteiger partial charge in [0.25, 0.3) is 5.56 Å². The van der Waals surface area contributed by atoms with Gasteiger partial charge in [-0.15, -0.1) is 0 Å². The van der Waals surface area contributed by atoms with Crippen LogP contribution in [0.3, 0.4) is 0 Å². The average Bonchev–Trinajstić information content (AvgIpc) is 2.60. The molecule has 0 bridgehead atoms. The highest BCUT2D eigenvalue weighted by Crippen LogP contribution is 2.07. The highest BCUT2D eigenvalue weighted by atomic mass is 16.1. The zero-order valence-corrected chi connectivity index (χ0v) is 14.5. The lowest BCUT2D eigenvalue weighted by Crippen LogP contribution is -2.37. The predicted molar refractivity (Wildman–Crippen MR) is 99.4 cm³/mol. The second-order valence-electron chi connectivity index (χ2n) is 5.61. The molecule has 0 spiro atoms. The molecular formula is C19H26N4O. The van der Waals surface area contributed by atoms with Crippen molar-refractivity contribution < 1.29 is 0 Å². The summed E-state index contributed by atoms with van der Waals surface area (Å²) in [6, 6.07) is 13.4. The van der Waals surface area contributed by atoms with Gasteiger partial charge in [-0.25, -0.2) is 4.99 Å². The molecule has 0 unspecified atom stereocenters. The molecule has 5 nitrogen and oxygen atoms in total. The first-order valence-electron chi connectivity index (χ1n) is 8.48. The fraction of sp³-hybridized carbons (Fsp3) is 0.368. The Balaban J connectivity index is 1.98. The van der Waals surface area contributed by atoms with Crippen molar-refractivity contribution >= 4 is 5.96 Å². The van der Waals surface area contributed by atoms with Gasteiger partial charge in [0, 0.05) is 25.4 Å². The van der Waals surface area contributed by atoms with Crippen molar-refractivity contribution in [2.24, 2.45) is 4.99 Å². The topological polar surface area (TPSA) is 58.4 Å². The van der Waals surface area contributed by atoms with E-state index in [1.807, 2.05) is 12.3 Å². The van der Waals surface area contributed by atoms with E-state index in [1.54, 1.807) is 16.7 Å². The number of benzene rings is 1. The smallest absolute Gasteiger partial charge is 0.250 e. The molecule has 2 N–H and O–H groups in total. The van der Waals surface area contributed by atoms with Crippen LogP contribution in [0.5, 0.6) is 0 Å². The number of hydrogen-bond acceptors (Lipinski definition) is 2. The highest BCUT2D eigenvalue weighted by Gasteiger charge is 1.99. The molecule has 2 rings (SSSR count). The van der Waals surface area contributed by atoms with Crippen molar-refractivity contribution in [1.29, 1.82) is 0 Å². The van der Waals surface area contributed by atoms with Crippen LogP contribution in [0.25, 0.3) is 0 Å². The molecule has 0 radical (unpaired) electrons. The fourth-order valence-electron chi connectivity index (χ4n) is 2.29. The summed E-state index contributed by atoms with van der Waals surface area (Å²) in [6.07, 6.45) is 2.88. The number of aliphatic imine (C=N–C) groups is 1. The molecule has 24 heavy (non-hydrogen) atoms. The first-order valence-corrected chi connectivity index (χ1v) is 8.48. The van der Waals surface area contributed by atoms with Gasteiger partial charge < -0.3 is 15.2 Å². The number of guanidine groups is 1. The standard InChI is InChI=1S/C19H26N4O/c1-3-12-21-19(20-4-2)22-14-16-8-10-17(11-9-16)15-23-13-6-5-7-18(23)24/h5-11,13H,3-4,12,14-15H2,1-2H3,(H2,20,21,22). The van der Waals surface area contributed by atoms with Gasteiger partial charge in [-0.05, 0) is 30.5 Å². The van der Waals surface area contributed by atoms with Crippen LogP contribution in [0.15, 0.2) is 58.4 Å². The SMILES string of the molecule is CCCNC(=NCc1ccc(Cn2ccccc2=O)cc1)NCC. The molecular weight excluding hydrogens is 300 g/mol. The van der Waals surface area contributed by atoms with Crippen molar-refractivity contribution in [3.8, 4) is 0 Å². The molecule has 1 heterocycles. The summed E-state index contributed by atoms with van der Waals surface area (Å²) >= 11 is 0. The second-order valence-corrected chi connectivity index (χ2v) is 5.61. The quantitative estimate of drug-likeness (QED) is 0.607. The Labute approximate surface area is 143 Å². The summed E-state index contributed by atoms with van der Waals surface area (Å²) < 4.78 is 1.70. The van der Waals surface area contributed by atoms with E-state index in [0.29, 0.717) is 13.1 Å². The first kappa shape index (κ1) is 17.8. The molecule has 1 aromatic carbocycles. The first-order chi connectivity index (χ1) is 11.7. The number of rotatable bonds is 7. The van der Waals surface area contributed by atoms with Crippen LogP contribution in [0.4, 0.5) is 0 Å². The second kappa shape index (κ2) is 9.55. The minimum atomic E-state index is 0.0171. The van der Waals surface area contributed by atoms with E-state index in [4.69, 9.17) is 0 Å². The molecule has 0 atom stereocenters. The maximum absolute atomic E-state index is 11.7. The third kappa shape index (κ3) is 5.57. The predicted octanol–water partition coefficient (Wildman–Crippen LogP) is 2.36. The molecule has 0 saturated carbocycles. The molecule has 5 heteroatoms. The Morgan fingerprint density at radius 2 is 1.79 bits per heavy atom. The molecule has 0 aliphatic heterocycles. The van der Waals surface area contributed by atoms with Gasteiger partial charge in [0.05, 0.1) is 13.1 Å². The van der Waals surface area contributed by atoms with Crippen LogP contribution in [0.1, 0.15) is 31.4 Å². The largest absolute Gasteiger partial charge is 0.357 e. The van der Waals surface area contributed by atoms with E-state index < -0.39 is 0 Å². The summed E-state index contributed by atoms with van der Waals surface area (Å²) in [7, 11) is 0. The molecule has 0 aliphatic carbocycles. The van der Waals surface area contributed by atoms with Gasteiger partial charge >= 0.3 is 0 Å². The lowest BCUT2D eigenvalue weighted by molar-refractivity contribution is 0.758. The van der Waals surface area contributed by atoms with Crippen molar-refractivity contribution in [1.82, 2.24) is 15.2 Å². The Morgan fingerprint density at radius 3 is 2.46 bits per heavy atom. The van der Waals surface area contributed by atoms with E-state index in [0.717, 1.165) is 36.6 Å². The van der Waals surface area contributed by atoms with Gasteiger partial charge in [-0.3, -0.25) is 4.79 Å². The van der Waals surface area contributed by atoms with Gasteiger partial charge in [-0.2, -0.15) is 0 Å². The summed E-state index contributed by atoms with van der Waals surface area (Å²) in [4.78, 5) is 16.3. The number of hydrogen-bond donors (Lipinski definition) is 2. The zero-order valence-electron chi connectivity index (χ0n) is 14.5. The van der Waals surface area contributed by atoms with Crippen LogP contribution in [0.2, 0.25) is 0 Å². The molecule has 0 amide bonds. The van der Waals surface area contributed by atoms with Crippen LogP contribution < -0.4 is 16.2 Å². The number of nitrogens with one attached hydrogen (secondary N) is 2. The Bertz CT molecular complexity index is 704. The molecule has 2 aromatic rings. The number of nitrogens with zero attached hydrogens (tertiary/aromatic N) is 2. The third-order valence-corrected chi connectivity index (χ3v) is 3.58. The molecule has 128 valence electrons. The fourth-order valence-corrected chi connectivity index (χ4v) is 2.29. The van der Waals surface area contributed by atoms with Crippen molar-refractivity contribution in [3.05, 3.63) is 70.1 Å². The molecule has 0 saturated heterocycles. The van der Waals surface area contributed by atoms with Crippen LogP contribution in [-0.2, 0) is 13.1 Å². The number of aromatic nitrogens is 1. The molecule has 0 aliphatic rings. The summed E-state index contributed by atoms with van der Waals surface area (Å²) in [5.41, 5.74) is 2.27. The summed E-state index contributed by atoms with van der Waals surface area (Å²) in [5.74, 6) is 0.847. The maximum Gasteiger partial charge on any atom is 0.250 e. The summed E-state index contributed by atoms with van der Waals surface area (Å²) in [5, 5.41) is 6.53. The lowest BCUT2D eigenvalue weighted by atomic mass is 10.1. The van der Waals surface area contributed by atoms with E-state index in [1.165, 1.54) is 0 Å². The van der Waals surface area contributed by atoms with Gasteiger partial charge in [-0.1, -0.05) is 37.3 Å². The maximum atomic E-state index is 11.7. The summed E-state index contributed by atoms with van der Waals surface area (Å²) in [6.45, 7) is 7.17.